The van der Waals surface area contributed by atoms with Gasteiger partial charge in [-0.2, -0.15) is 0 Å². The number of hydrogen-bond donors (Lipinski definition) is 0. The predicted molar refractivity (Wildman–Crippen MR) is 7.13 cm³/mol. The first-order valence-corrected chi connectivity index (χ1v) is 0. The summed E-state index contributed by atoms with van der Waals surface area (Å²) in [6, 6.07) is 0. The Morgan fingerprint density at radius 1 is 0.800 bits per heavy atom. The number of rotatable bonds is 0. The Hall–Kier alpha value is 2.30. The quantitative estimate of drug-likeness (QED) is 0.506. The normalized spacial score (nSPS) is 0. The van der Waals surface area contributed by atoms with Gasteiger partial charge in [0.25, 0.3) is 0 Å². The van der Waals surface area contributed by atoms with Crippen molar-refractivity contribution in [3.05, 3.63) is 0 Å². The van der Waals surface area contributed by atoms with Crippen LogP contribution in [-0.2, 0) is 58.5 Å². The summed E-state index contributed by atoms with van der Waals surface area (Å²) in [4.78, 5) is 0. The summed E-state index contributed by atoms with van der Waals surface area (Å²) in [7, 11) is 0. The fourth-order valence-corrected chi connectivity index (χ4v) is 0. The molecule has 2 nitrogen and oxygen atoms in total. The maximum atomic E-state index is 0. The van der Waals surface area contributed by atoms with E-state index in [-0.39, 0.29) is 82.4 Å². The minimum atomic E-state index is 0. The first-order chi connectivity index (χ1) is 0. The zero-order valence-corrected chi connectivity index (χ0v) is 10.3. The van der Waals surface area contributed by atoms with E-state index >= 15 is 0 Å². The van der Waals surface area contributed by atoms with E-state index in [1.165, 1.54) is 0 Å². The van der Waals surface area contributed by atoms with Crippen molar-refractivity contribution in [2.24, 2.45) is 0 Å². The van der Waals surface area contributed by atoms with E-state index in [4.69, 9.17) is 0 Å². The minimum absolute atomic E-state index is 0. The zero-order valence-electron chi connectivity index (χ0n) is 2.32. The molecular formula is HfO2SnTi. The van der Waals surface area contributed by atoms with Gasteiger partial charge in [0, 0.05) is 49.8 Å². The molecule has 0 unspecified atom stereocenters. The molecule has 0 atom stereocenters. The predicted octanol–water partition coefficient (Wildman–Crippen LogP) is -0.623. The van der Waals surface area contributed by atoms with Crippen molar-refractivity contribution < 1.29 is 58.5 Å². The van der Waals surface area contributed by atoms with Crippen molar-refractivity contribution >= 4 is 23.9 Å². The van der Waals surface area contributed by atoms with Gasteiger partial charge in [0.05, 0.1) is 0 Å². The molecule has 0 aromatic heterocycles. The molecule has 5 heavy (non-hydrogen) atoms. The Labute approximate surface area is 81.3 Å². The molecule has 24 valence electrons. The molecule has 0 aliphatic heterocycles. The molecule has 0 amide bonds. The molecule has 0 aromatic carbocycles. The van der Waals surface area contributed by atoms with Crippen molar-refractivity contribution in [2.75, 3.05) is 0 Å². The second kappa shape index (κ2) is 33.4. The van der Waals surface area contributed by atoms with Crippen molar-refractivity contribution in [2.45, 2.75) is 0 Å². The van der Waals surface area contributed by atoms with E-state index in [2.05, 4.69) is 0 Å². The summed E-state index contributed by atoms with van der Waals surface area (Å²) in [5.41, 5.74) is 0. The van der Waals surface area contributed by atoms with Gasteiger partial charge in [-0.1, -0.05) is 0 Å². The molecule has 0 fully saturated rings. The van der Waals surface area contributed by atoms with Crippen LogP contribution in [0.4, 0.5) is 0 Å². The molecule has 0 N–H and O–H groups in total. The average Bonchev–Trinajstić information content (AvgIpc) is 0. The van der Waals surface area contributed by atoms with E-state index in [1.807, 2.05) is 0 Å². The van der Waals surface area contributed by atoms with E-state index < -0.39 is 0 Å². The van der Waals surface area contributed by atoms with Crippen LogP contribution in [0.2, 0.25) is 0 Å². The fraction of sp³-hybridized carbons (Fsp3) is 0. The summed E-state index contributed by atoms with van der Waals surface area (Å²) < 4.78 is 0. The van der Waals surface area contributed by atoms with Crippen LogP contribution in [0, 0.1) is 0 Å². The third kappa shape index (κ3) is 22.0. The van der Waals surface area contributed by atoms with Gasteiger partial charge in [0.15, 0.2) is 0 Å². The maximum Gasteiger partial charge on any atom is 4.00 e. The second-order valence-electron chi connectivity index (χ2n) is 0. The zero-order chi connectivity index (χ0) is 0. The molecular weight excluding hydrogens is 377 g/mol. The summed E-state index contributed by atoms with van der Waals surface area (Å²) >= 11 is 0. The van der Waals surface area contributed by atoms with Crippen LogP contribution in [0.3, 0.4) is 0 Å². The van der Waals surface area contributed by atoms with E-state index in [0.717, 1.165) is 0 Å². The third-order valence-electron chi connectivity index (χ3n) is 0. The summed E-state index contributed by atoms with van der Waals surface area (Å²) in [5, 5.41) is 0. The van der Waals surface area contributed by atoms with Gasteiger partial charge in [-0.15, -0.1) is 0 Å². The Morgan fingerprint density at radius 3 is 0.800 bits per heavy atom. The average molecular weight is 377 g/mol. The molecule has 0 aliphatic rings. The Kier molecular flexibility index (Phi) is 366. The van der Waals surface area contributed by atoms with E-state index in [1.54, 1.807) is 0 Å². The molecule has 0 rings (SSSR count). The van der Waals surface area contributed by atoms with Crippen molar-refractivity contribution in [1.82, 2.24) is 0 Å². The van der Waals surface area contributed by atoms with Crippen LogP contribution in [0.1, 0.15) is 0 Å². The summed E-state index contributed by atoms with van der Waals surface area (Å²) in [6.45, 7) is 0. The molecule has 0 aliphatic carbocycles. The molecule has 0 saturated carbocycles. The van der Waals surface area contributed by atoms with Crippen LogP contribution in [-0.4, -0.2) is 23.9 Å². The van der Waals surface area contributed by atoms with Crippen LogP contribution >= 0.6 is 0 Å². The molecule has 4 radical (unpaired) electrons. The van der Waals surface area contributed by atoms with Crippen molar-refractivity contribution in [3.63, 3.8) is 0 Å². The smallest absolute Gasteiger partial charge is 2.00 e. The Morgan fingerprint density at radius 2 is 0.800 bits per heavy atom. The topological polar surface area (TPSA) is 57.0 Å². The van der Waals surface area contributed by atoms with Gasteiger partial charge in [-0.05, 0) is 0 Å². The minimum Gasteiger partial charge on any atom is -2.00 e. The van der Waals surface area contributed by atoms with Crippen LogP contribution < -0.4 is 0 Å². The number of hydrogen-bond acceptors (Lipinski definition) is 0. The molecule has 0 bridgehead atoms. The van der Waals surface area contributed by atoms with Gasteiger partial charge in [-0.25, -0.2) is 0 Å². The molecule has 0 heterocycles. The summed E-state index contributed by atoms with van der Waals surface area (Å²) in [6.07, 6.45) is 0. The second-order valence-corrected chi connectivity index (χ2v) is 0. The van der Waals surface area contributed by atoms with Gasteiger partial charge in [0.2, 0.25) is 0 Å². The van der Waals surface area contributed by atoms with E-state index in [0.29, 0.717) is 0 Å². The van der Waals surface area contributed by atoms with Crippen LogP contribution in [0.5, 0.6) is 0 Å². The summed E-state index contributed by atoms with van der Waals surface area (Å²) in [5.74, 6) is 0. The third-order valence-corrected chi connectivity index (χ3v) is 0. The van der Waals surface area contributed by atoms with Crippen molar-refractivity contribution in [3.8, 4) is 0 Å². The van der Waals surface area contributed by atoms with Gasteiger partial charge < -0.3 is 11.0 Å². The largest absolute Gasteiger partial charge is 4.00 e. The van der Waals surface area contributed by atoms with Gasteiger partial charge in [-0.3, -0.25) is 0 Å². The standard InChI is InChI=1S/Hf.2O.Sn.Ti/q;2*-2;;+4. The van der Waals surface area contributed by atoms with E-state index in [9.17, 15) is 0 Å². The molecule has 0 spiro atoms. The molecule has 0 saturated heterocycles. The Balaban J connectivity index is 0. The fourth-order valence-electron chi connectivity index (χ4n) is 0. The first-order valence-electron chi connectivity index (χ1n) is 0. The van der Waals surface area contributed by atoms with Gasteiger partial charge in [0.1, 0.15) is 0 Å². The first kappa shape index (κ1) is 54.7. The monoisotopic (exact) mass is 380 g/mol. The van der Waals surface area contributed by atoms with Gasteiger partial charge >= 0.3 is 21.7 Å². The maximum absolute atomic E-state index is 0. The van der Waals surface area contributed by atoms with Crippen LogP contribution in [0.15, 0.2) is 0 Å². The Bertz CT molecular complexity index is 9.61. The molecule has 5 heteroatoms. The van der Waals surface area contributed by atoms with Crippen LogP contribution in [0.25, 0.3) is 0 Å². The molecule has 0 aromatic rings. The SMILES string of the molecule is [Hf].[O-2].[O-2].[Sn].[Ti+4]. The van der Waals surface area contributed by atoms with Crippen molar-refractivity contribution in [1.29, 1.82) is 0 Å².